The minimum absolute atomic E-state index is 0.357. The Morgan fingerprint density at radius 2 is 1.69 bits per heavy atom. The Balaban J connectivity index is 1.41. The number of oxazole rings is 1. The quantitative estimate of drug-likeness (QED) is 0.705. The number of sulfonamides is 1. The number of aryl methyl sites for hydroxylation is 1. The molecule has 0 radical (unpaired) electrons. The van der Waals surface area contributed by atoms with Crippen molar-refractivity contribution < 1.29 is 12.8 Å². The Bertz CT molecular complexity index is 971. The average Bonchev–Trinajstić information content (AvgIpc) is 3.05. The van der Waals surface area contributed by atoms with Gasteiger partial charge in [0.15, 0.2) is 5.58 Å². The molecule has 136 valence electrons. The van der Waals surface area contributed by atoms with Gasteiger partial charge in [0.1, 0.15) is 5.52 Å². The van der Waals surface area contributed by atoms with Gasteiger partial charge in [-0.1, -0.05) is 29.8 Å². The number of rotatable bonds is 4. The van der Waals surface area contributed by atoms with E-state index in [1.807, 2.05) is 43.3 Å². The first-order valence-corrected chi connectivity index (χ1v) is 10.1. The maximum absolute atomic E-state index is 12.8. The standard InChI is InChI=1S/C19H21N3O3S/c1-15-6-8-16(9-7-15)26(23,24)22-12-10-21(11-13-22)14-19-20-17-4-2-3-5-18(17)25-19/h2-9H,10-14H2,1H3. The number of piperazine rings is 1. The zero-order valence-corrected chi connectivity index (χ0v) is 15.4. The van der Waals surface area contributed by atoms with Crippen LogP contribution in [-0.2, 0) is 16.6 Å². The summed E-state index contributed by atoms with van der Waals surface area (Å²) in [6.07, 6.45) is 0. The molecule has 0 amide bonds. The molecule has 1 aliphatic rings. The van der Waals surface area contributed by atoms with E-state index < -0.39 is 10.0 Å². The summed E-state index contributed by atoms with van der Waals surface area (Å²) >= 11 is 0. The van der Waals surface area contributed by atoms with Gasteiger partial charge in [0.25, 0.3) is 0 Å². The van der Waals surface area contributed by atoms with Gasteiger partial charge in [-0.3, -0.25) is 4.90 Å². The maximum atomic E-state index is 12.8. The van der Waals surface area contributed by atoms with E-state index in [4.69, 9.17) is 4.42 Å². The maximum Gasteiger partial charge on any atom is 0.243 e. The first-order valence-electron chi connectivity index (χ1n) is 8.66. The van der Waals surface area contributed by atoms with Crippen molar-refractivity contribution in [2.75, 3.05) is 26.2 Å². The smallest absolute Gasteiger partial charge is 0.243 e. The molecule has 3 aromatic rings. The molecule has 7 heteroatoms. The normalized spacial score (nSPS) is 17.0. The molecule has 1 aliphatic heterocycles. The number of para-hydroxylation sites is 2. The van der Waals surface area contributed by atoms with Crippen molar-refractivity contribution in [1.29, 1.82) is 0 Å². The van der Waals surface area contributed by atoms with E-state index in [-0.39, 0.29) is 0 Å². The van der Waals surface area contributed by atoms with E-state index in [1.165, 1.54) is 0 Å². The SMILES string of the molecule is Cc1ccc(S(=O)(=O)N2CCN(Cc3nc4ccccc4o3)CC2)cc1. The van der Waals surface area contributed by atoms with Gasteiger partial charge in [0.05, 0.1) is 11.4 Å². The molecule has 2 aromatic carbocycles. The lowest BCUT2D eigenvalue weighted by Gasteiger charge is -2.33. The predicted octanol–water partition coefficient (Wildman–Crippen LogP) is 2.64. The fourth-order valence-electron chi connectivity index (χ4n) is 3.17. The van der Waals surface area contributed by atoms with Gasteiger partial charge in [0.2, 0.25) is 15.9 Å². The van der Waals surface area contributed by atoms with Crippen LogP contribution in [0.4, 0.5) is 0 Å². The van der Waals surface area contributed by atoms with Crippen LogP contribution >= 0.6 is 0 Å². The zero-order chi connectivity index (χ0) is 18.1. The predicted molar refractivity (Wildman–Crippen MR) is 99.2 cm³/mol. The molecule has 0 saturated carbocycles. The molecule has 0 N–H and O–H groups in total. The third-order valence-corrected chi connectivity index (χ3v) is 6.60. The molecule has 1 aromatic heterocycles. The van der Waals surface area contributed by atoms with Crippen molar-refractivity contribution >= 4 is 21.1 Å². The van der Waals surface area contributed by atoms with Crippen LogP contribution in [0.2, 0.25) is 0 Å². The van der Waals surface area contributed by atoms with Crippen molar-refractivity contribution in [2.45, 2.75) is 18.4 Å². The molecular weight excluding hydrogens is 350 g/mol. The van der Waals surface area contributed by atoms with Gasteiger partial charge >= 0.3 is 0 Å². The van der Waals surface area contributed by atoms with E-state index >= 15 is 0 Å². The second-order valence-electron chi connectivity index (χ2n) is 6.57. The molecule has 1 saturated heterocycles. The number of hydrogen-bond donors (Lipinski definition) is 0. The van der Waals surface area contributed by atoms with Gasteiger partial charge in [-0.2, -0.15) is 4.31 Å². The van der Waals surface area contributed by atoms with Gasteiger partial charge in [-0.15, -0.1) is 0 Å². The van der Waals surface area contributed by atoms with Gasteiger partial charge in [-0.25, -0.2) is 13.4 Å². The lowest BCUT2D eigenvalue weighted by Crippen LogP contribution is -2.48. The highest BCUT2D eigenvalue weighted by atomic mass is 32.2. The molecule has 0 aliphatic carbocycles. The first-order chi connectivity index (χ1) is 12.5. The van der Waals surface area contributed by atoms with Crippen LogP contribution in [0.1, 0.15) is 11.5 Å². The van der Waals surface area contributed by atoms with Crippen LogP contribution in [0.15, 0.2) is 57.8 Å². The largest absolute Gasteiger partial charge is 0.439 e. The molecule has 0 spiro atoms. The first kappa shape index (κ1) is 17.2. The van der Waals surface area contributed by atoms with E-state index in [2.05, 4.69) is 9.88 Å². The number of benzene rings is 2. The Hall–Kier alpha value is -2.22. The lowest BCUT2D eigenvalue weighted by atomic mass is 10.2. The third kappa shape index (κ3) is 3.38. The number of hydrogen-bond acceptors (Lipinski definition) is 5. The summed E-state index contributed by atoms with van der Waals surface area (Å²) in [5.74, 6) is 0.668. The lowest BCUT2D eigenvalue weighted by molar-refractivity contribution is 0.169. The molecule has 0 bridgehead atoms. The van der Waals surface area contributed by atoms with Crippen LogP contribution in [0, 0.1) is 6.92 Å². The number of nitrogens with zero attached hydrogens (tertiary/aromatic N) is 3. The van der Waals surface area contributed by atoms with Crippen LogP contribution in [-0.4, -0.2) is 48.8 Å². The Morgan fingerprint density at radius 1 is 1.00 bits per heavy atom. The molecule has 1 fully saturated rings. The fourth-order valence-corrected chi connectivity index (χ4v) is 4.59. The third-order valence-electron chi connectivity index (χ3n) is 4.69. The van der Waals surface area contributed by atoms with E-state index in [1.54, 1.807) is 16.4 Å². The van der Waals surface area contributed by atoms with Gasteiger partial charge < -0.3 is 4.42 Å². The highest BCUT2D eigenvalue weighted by Crippen LogP contribution is 2.20. The Morgan fingerprint density at radius 3 is 2.38 bits per heavy atom. The van der Waals surface area contributed by atoms with Crippen molar-refractivity contribution in [1.82, 2.24) is 14.2 Å². The molecule has 6 nitrogen and oxygen atoms in total. The molecule has 26 heavy (non-hydrogen) atoms. The van der Waals surface area contributed by atoms with Crippen molar-refractivity contribution in [3.05, 3.63) is 60.0 Å². The minimum Gasteiger partial charge on any atom is -0.439 e. The van der Waals surface area contributed by atoms with Crippen LogP contribution < -0.4 is 0 Å². The van der Waals surface area contributed by atoms with E-state index in [9.17, 15) is 8.42 Å². The van der Waals surface area contributed by atoms with Crippen LogP contribution in [0.3, 0.4) is 0 Å². The van der Waals surface area contributed by atoms with Crippen molar-refractivity contribution in [2.24, 2.45) is 0 Å². The van der Waals surface area contributed by atoms with Crippen LogP contribution in [0.5, 0.6) is 0 Å². The summed E-state index contributed by atoms with van der Waals surface area (Å²) in [5.41, 5.74) is 2.68. The zero-order valence-electron chi connectivity index (χ0n) is 14.6. The Kier molecular flexibility index (Phi) is 4.52. The minimum atomic E-state index is -3.43. The monoisotopic (exact) mass is 371 g/mol. The molecule has 4 rings (SSSR count). The number of aromatic nitrogens is 1. The topological polar surface area (TPSA) is 66.7 Å². The van der Waals surface area contributed by atoms with E-state index in [0.717, 1.165) is 16.7 Å². The van der Waals surface area contributed by atoms with Gasteiger partial charge in [-0.05, 0) is 31.2 Å². The number of fused-ring (bicyclic) bond motifs is 1. The molecule has 0 unspecified atom stereocenters. The van der Waals surface area contributed by atoms with Crippen LogP contribution in [0.25, 0.3) is 11.1 Å². The average molecular weight is 371 g/mol. The summed E-state index contributed by atoms with van der Waals surface area (Å²) in [4.78, 5) is 7.02. The summed E-state index contributed by atoms with van der Waals surface area (Å²) in [5, 5.41) is 0. The summed E-state index contributed by atoms with van der Waals surface area (Å²) in [6, 6.07) is 14.7. The summed E-state index contributed by atoms with van der Waals surface area (Å²) in [6.45, 7) is 4.79. The fraction of sp³-hybridized carbons (Fsp3) is 0.316. The second kappa shape index (κ2) is 6.83. The van der Waals surface area contributed by atoms with E-state index in [0.29, 0.717) is 43.5 Å². The highest BCUT2D eigenvalue weighted by molar-refractivity contribution is 7.89. The van der Waals surface area contributed by atoms with Crippen molar-refractivity contribution in [3.8, 4) is 0 Å². The second-order valence-corrected chi connectivity index (χ2v) is 8.51. The summed E-state index contributed by atoms with van der Waals surface area (Å²) < 4.78 is 32.8. The van der Waals surface area contributed by atoms with Gasteiger partial charge in [0, 0.05) is 26.2 Å². The molecular formula is C19H21N3O3S. The van der Waals surface area contributed by atoms with Crippen molar-refractivity contribution in [3.63, 3.8) is 0 Å². The summed E-state index contributed by atoms with van der Waals surface area (Å²) in [7, 11) is -3.43. The molecule has 2 heterocycles. The highest BCUT2D eigenvalue weighted by Gasteiger charge is 2.28. The Labute approximate surface area is 153 Å². The molecule has 0 atom stereocenters.